The number of urea groups is 1. The van der Waals surface area contributed by atoms with E-state index in [1.54, 1.807) is 18.2 Å². The molecule has 3 aromatic rings. The minimum Gasteiger partial charge on any atom is -0.308 e. The van der Waals surface area contributed by atoms with Gasteiger partial charge in [-0.2, -0.15) is 10.5 Å². The molecule has 0 unspecified atom stereocenters. The van der Waals surface area contributed by atoms with Crippen molar-refractivity contribution >= 4 is 50.1 Å². The number of rotatable bonds is 2. The molecule has 1 aromatic carbocycles. The summed E-state index contributed by atoms with van der Waals surface area (Å²) in [6, 6.07) is 11.1. The topological polar surface area (TPSA) is 114 Å². The van der Waals surface area contributed by atoms with Crippen molar-refractivity contribution in [2.45, 2.75) is 0 Å². The Balaban J connectivity index is 1.75. The molecule has 3 rings (SSSR count). The van der Waals surface area contributed by atoms with Gasteiger partial charge in [0.05, 0.1) is 11.1 Å². The van der Waals surface area contributed by atoms with E-state index in [2.05, 4.69) is 20.6 Å². The van der Waals surface area contributed by atoms with Gasteiger partial charge < -0.3 is 5.32 Å². The molecule has 2 heterocycles. The van der Waals surface area contributed by atoms with Crippen molar-refractivity contribution in [1.29, 1.82) is 10.5 Å². The molecule has 0 bridgehead atoms. The second kappa shape index (κ2) is 6.50. The number of anilines is 2. The maximum atomic E-state index is 12.0. The monoisotopic (exact) mass is 354 g/mol. The Labute approximate surface area is 145 Å². The van der Waals surface area contributed by atoms with Crippen LogP contribution in [0.3, 0.4) is 0 Å². The molecule has 2 aromatic heterocycles. The summed E-state index contributed by atoms with van der Waals surface area (Å²) in [5.41, 5.74) is 1.46. The molecule has 0 aliphatic heterocycles. The number of pyridine rings is 1. The number of thiazole rings is 1. The fourth-order valence-corrected chi connectivity index (χ4v) is 2.95. The number of carbonyl (C=O) groups excluding carboxylic acids is 1. The number of nitrogens with zero attached hydrogens (tertiary/aromatic N) is 4. The van der Waals surface area contributed by atoms with E-state index in [0.717, 1.165) is 0 Å². The number of hydrogen-bond acceptors (Lipinski definition) is 6. The Kier molecular flexibility index (Phi) is 4.25. The summed E-state index contributed by atoms with van der Waals surface area (Å²) in [4.78, 5) is 21.0. The number of nitriles is 2. The first kappa shape index (κ1) is 15.7. The van der Waals surface area contributed by atoms with Crippen molar-refractivity contribution in [1.82, 2.24) is 9.97 Å². The summed E-state index contributed by atoms with van der Waals surface area (Å²) in [6.45, 7) is 0. The zero-order valence-corrected chi connectivity index (χ0v) is 13.4. The van der Waals surface area contributed by atoms with Crippen LogP contribution >= 0.6 is 22.9 Å². The van der Waals surface area contributed by atoms with Gasteiger partial charge in [0.2, 0.25) is 0 Å². The summed E-state index contributed by atoms with van der Waals surface area (Å²) >= 11 is 7.00. The van der Waals surface area contributed by atoms with Gasteiger partial charge in [-0.25, -0.2) is 14.8 Å². The zero-order valence-electron chi connectivity index (χ0n) is 11.9. The lowest BCUT2D eigenvalue weighted by atomic mass is 10.1. The quantitative estimate of drug-likeness (QED) is 0.680. The van der Waals surface area contributed by atoms with Crippen molar-refractivity contribution < 1.29 is 4.79 Å². The third-order valence-corrected chi connectivity index (χ3v) is 4.05. The highest BCUT2D eigenvalue weighted by Gasteiger charge is 2.10. The van der Waals surface area contributed by atoms with Crippen molar-refractivity contribution in [3.63, 3.8) is 0 Å². The van der Waals surface area contributed by atoms with Gasteiger partial charge in [0.1, 0.15) is 27.6 Å². The van der Waals surface area contributed by atoms with Crippen LogP contribution in [0.15, 0.2) is 30.3 Å². The van der Waals surface area contributed by atoms with Gasteiger partial charge in [0.25, 0.3) is 0 Å². The van der Waals surface area contributed by atoms with Gasteiger partial charge >= 0.3 is 6.03 Å². The second-order valence-electron chi connectivity index (χ2n) is 4.54. The number of amides is 2. The van der Waals surface area contributed by atoms with E-state index in [-0.39, 0.29) is 11.1 Å². The molecule has 9 heteroatoms. The van der Waals surface area contributed by atoms with Crippen molar-refractivity contribution in [3.05, 3.63) is 46.6 Å². The highest BCUT2D eigenvalue weighted by molar-refractivity contribution is 7.22. The van der Waals surface area contributed by atoms with Crippen LogP contribution in [0.1, 0.15) is 11.1 Å². The van der Waals surface area contributed by atoms with E-state index in [9.17, 15) is 4.79 Å². The largest absolute Gasteiger partial charge is 0.325 e. The van der Waals surface area contributed by atoms with Crippen LogP contribution in [0.2, 0.25) is 5.15 Å². The minimum absolute atomic E-state index is 0.189. The first-order valence-electron chi connectivity index (χ1n) is 6.54. The molecule has 0 atom stereocenters. The van der Waals surface area contributed by atoms with E-state index < -0.39 is 6.03 Å². The number of nitrogens with one attached hydrogen (secondary N) is 2. The molecule has 0 fully saturated rings. The van der Waals surface area contributed by atoms with Crippen LogP contribution < -0.4 is 10.6 Å². The van der Waals surface area contributed by atoms with E-state index >= 15 is 0 Å². The van der Waals surface area contributed by atoms with Crippen LogP contribution in [-0.2, 0) is 0 Å². The summed E-state index contributed by atoms with van der Waals surface area (Å²) in [5.74, 6) is 0. The summed E-state index contributed by atoms with van der Waals surface area (Å²) in [7, 11) is 0. The van der Waals surface area contributed by atoms with Crippen LogP contribution in [0.25, 0.3) is 10.3 Å². The molecule has 0 aliphatic carbocycles. The number of fused-ring (bicyclic) bond motifs is 1. The number of benzene rings is 1. The standard InChI is InChI=1S/C15H7ClN6OS/c16-12-4-3-11-13(21-12)24-15(20-11)22-14(23)19-10-2-1-8(6-17)9(5-10)7-18/h1-5H,(H2,19,20,22,23). The van der Waals surface area contributed by atoms with Crippen LogP contribution in [0.5, 0.6) is 0 Å². The molecule has 0 spiro atoms. The van der Waals surface area contributed by atoms with Crippen molar-refractivity contribution in [3.8, 4) is 12.1 Å². The van der Waals surface area contributed by atoms with E-state index in [1.807, 2.05) is 12.1 Å². The average molecular weight is 355 g/mol. The Bertz CT molecular complexity index is 1030. The van der Waals surface area contributed by atoms with Gasteiger partial charge in [-0.05, 0) is 30.3 Å². The predicted octanol–water partition coefficient (Wildman–Crippen LogP) is 3.73. The van der Waals surface area contributed by atoms with E-state index in [1.165, 1.54) is 23.5 Å². The van der Waals surface area contributed by atoms with Crippen molar-refractivity contribution in [2.75, 3.05) is 10.6 Å². The lowest BCUT2D eigenvalue weighted by Gasteiger charge is -2.06. The molecule has 2 N–H and O–H groups in total. The fraction of sp³-hybridized carbons (Fsp3) is 0. The second-order valence-corrected chi connectivity index (χ2v) is 5.91. The summed E-state index contributed by atoms with van der Waals surface area (Å²) in [6.07, 6.45) is 0. The molecular weight excluding hydrogens is 348 g/mol. The van der Waals surface area contributed by atoms with Gasteiger partial charge in [-0.3, -0.25) is 5.32 Å². The Morgan fingerprint density at radius 3 is 2.62 bits per heavy atom. The van der Waals surface area contributed by atoms with E-state index in [4.69, 9.17) is 22.1 Å². The van der Waals surface area contributed by atoms with Gasteiger partial charge in [0, 0.05) is 5.69 Å². The predicted molar refractivity (Wildman–Crippen MR) is 90.9 cm³/mol. The van der Waals surface area contributed by atoms with E-state index in [0.29, 0.717) is 26.3 Å². The third-order valence-electron chi connectivity index (χ3n) is 2.96. The fourth-order valence-electron chi connectivity index (χ4n) is 1.92. The lowest BCUT2D eigenvalue weighted by molar-refractivity contribution is 0.262. The highest BCUT2D eigenvalue weighted by Crippen LogP contribution is 2.25. The Morgan fingerprint density at radius 2 is 1.88 bits per heavy atom. The number of hydrogen-bond donors (Lipinski definition) is 2. The molecule has 0 radical (unpaired) electrons. The lowest BCUT2D eigenvalue weighted by Crippen LogP contribution is -2.19. The Morgan fingerprint density at radius 1 is 1.08 bits per heavy atom. The van der Waals surface area contributed by atoms with Gasteiger partial charge in [0.15, 0.2) is 5.13 Å². The summed E-state index contributed by atoms with van der Waals surface area (Å²) in [5, 5.41) is 23.8. The molecule has 2 amide bonds. The number of carbonyl (C=O) groups is 1. The summed E-state index contributed by atoms with van der Waals surface area (Å²) < 4.78 is 0. The molecule has 116 valence electrons. The first-order chi connectivity index (χ1) is 11.6. The highest BCUT2D eigenvalue weighted by atomic mass is 35.5. The third kappa shape index (κ3) is 3.25. The first-order valence-corrected chi connectivity index (χ1v) is 7.74. The van der Waals surface area contributed by atoms with Crippen LogP contribution in [-0.4, -0.2) is 16.0 Å². The maximum Gasteiger partial charge on any atom is 0.325 e. The zero-order chi connectivity index (χ0) is 17.1. The molecule has 0 saturated heterocycles. The van der Waals surface area contributed by atoms with Gasteiger partial charge in [-0.1, -0.05) is 22.9 Å². The molecule has 24 heavy (non-hydrogen) atoms. The molecule has 7 nitrogen and oxygen atoms in total. The smallest absolute Gasteiger partial charge is 0.308 e. The molecule has 0 aliphatic rings. The number of aromatic nitrogens is 2. The van der Waals surface area contributed by atoms with Crippen molar-refractivity contribution in [2.24, 2.45) is 0 Å². The SMILES string of the molecule is N#Cc1ccc(NC(=O)Nc2nc3ccc(Cl)nc3s2)cc1C#N. The Hall–Kier alpha value is -3.20. The molecule has 0 saturated carbocycles. The average Bonchev–Trinajstić information content (AvgIpc) is 2.95. The normalized spacial score (nSPS) is 9.96. The van der Waals surface area contributed by atoms with Gasteiger partial charge in [-0.15, -0.1) is 0 Å². The number of halogens is 1. The molecular formula is C15H7ClN6OS. The van der Waals surface area contributed by atoms with Crippen LogP contribution in [0.4, 0.5) is 15.6 Å². The minimum atomic E-state index is -0.520. The van der Waals surface area contributed by atoms with Crippen LogP contribution in [0, 0.1) is 22.7 Å². The maximum absolute atomic E-state index is 12.0.